The number of fused-ring (bicyclic) bond motifs is 1. The molecule has 0 spiro atoms. The fraction of sp³-hybridized carbons (Fsp3) is 0.556. The molecule has 1 aromatic heterocycles. The summed E-state index contributed by atoms with van der Waals surface area (Å²) in [6.45, 7) is 2.80. The Morgan fingerprint density at radius 2 is 2.20 bits per heavy atom. The number of halogens is 1. The molecule has 25 heavy (non-hydrogen) atoms. The molecule has 0 saturated carbocycles. The maximum Gasteiger partial charge on any atom is 0.140 e. The van der Waals surface area contributed by atoms with E-state index in [1.165, 1.54) is 0 Å². The highest BCUT2D eigenvalue weighted by Crippen LogP contribution is 2.24. The third-order valence-corrected chi connectivity index (χ3v) is 5.03. The van der Waals surface area contributed by atoms with Gasteiger partial charge < -0.3 is 14.5 Å². The number of hydrogen-bond acceptors (Lipinski definition) is 5. The monoisotopic (exact) mass is 344 g/mol. The Morgan fingerprint density at radius 3 is 3.00 bits per heavy atom. The molecule has 2 aromatic rings. The van der Waals surface area contributed by atoms with Gasteiger partial charge in [-0.3, -0.25) is 4.90 Å². The van der Waals surface area contributed by atoms with Crippen LogP contribution in [0.3, 0.4) is 0 Å². The van der Waals surface area contributed by atoms with Gasteiger partial charge in [0.05, 0.1) is 22.7 Å². The smallest absolute Gasteiger partial charge is 0.140 e. The van der Waals surface area contributed by atoms with E-state index >= 15 is 0 Å². The fourth-order valence-corrected chi connectivity index (χ4v) is 3.65. The average molecular weight is 344 g/mol. The Kier molecular flexibility index (Phi) is 4.66. The lowest BCUT2D eigenvalue weighted by Crippen LogP contribution is -2.38. The summed E-state index contributed by atoms with van der Waals surface area (Å²) in [6, 6.07) is 7.79. The van der Waals surface area contributed by atoms with Gasteiger partial charge in [0.2, 0.25) is 0 Å². The summed E-state index contributed by atoms with van der Waals surface area (Å²) in [5.74, 6) is 0.654. The third kappa shape index (κ3) is 3.52. The van der Waals surface area contributed by atoms with E-state index in [1.807, 2.05) is 0 Å². The van der Waals surface area contributed by atoms with Crippen LogP contribution in [0.1, 0.15) is 24.2 Å². The number of ether oxygens (including phenoxy) is 2. The zero-order chi connectivity index (χ0) is 17.2. The van der Waals surface area contributed by atoms with E-state index in [0.717, 1.165) is 37.1 Å². The largest absolute Gasteiger partial charge is 0.381 e. The summed E-state index contributed by atoms with van der Waals surface area (Å²) in [5, 5.41) is 8.95. The number of aromatic amines is 1. The van der Waals surface area contributed by atoms with Crippen LogP contribution < -0.4 is 0 Å². The Bertz CT molecular complexity index is 781. The van der Waals surface area contributed by atoms with Gasteiger partial charge in [0.25, 0.3) is 0 Å². The van der Waals surface area contributed by atoms with Crippen molar-refractivity contribution >= 4 is 11.0 Å². The number of likely N-dealkylation sites (tertiary alicyclic amines) is 1. The number of alkyl halides is 1. The number of nitrogens with zero attached hydrogens (tertiary/aromatic N) is 3. The minimum Gasteiger partial charge on any atom is -0.381 e. The van der Waals surface area contributed by atoms with Crippen molar-refractivity contribution in [3.8, 4) is 6.07 Å². The lowest BCUT2D eigenvalue weighted by atomic mass is 10.1. The minimum atomic E-state index is -0.975. The van der Waals surface area contributed by atoms with Crippen LogP contribution in [-0.2, 0) is 16.1 Å². The van der Waals surface area contributed by atoms with Crippen LogP contribution >= 0.6 is 0 Å². The Hall–Kier alpha value is -2.01. The number of H-pyrrole nitrogens is 1. The number of rotatable bonds is 4. The highest BCUT2D eigenvalue weighted by atomic mass is 19.1. The van der Waals surface area contributed by atoms with E-state index in [2.05, 4.69) is 20.9 Å². The van der Waals surface area contributed by atoms with Crippen molar-refractivity contribution in [3.05, 3.63) is 29.6 Å². The van der Waals surface area contributed by atoms with Gasteiger partial charge in [0.15, 0.2) is 0 Å². The second kappa shape index (κ2) is 7.08. The quantitative estimate of drug-likeness (QED) is 0.920. The number of nitriles is 1. The molecule has 0 aliphatic carbocycles. The molecular formula is C18H21FN4O2. The van der Waals surface area contributed by atoms with Gasteiger partial charge in [-0.1, -0.05) is 0 Å². The summed E-state index contributed by atoms with van der Waals surface area (Å²) in [7, 11) is 0. The van der Waals surface area contributed by atoms with Crippen molar-refractivity contribution in [2.45, 2.75) is 37.8 Å². The number of aromatic nitrogens is 2. The van der Waals surface area contributed by atoms with Crippen LogP contribution in [0.5, 0.6) is 0 Å². The zero-order valence-electron chi connectivity index (χ0n) is 13.9. The first kappa shape index (κ1) is 16.5. The zero-order valence-corrected chi connectivity index (χ0v) is 13.9. The average Bonchev–Trinajstić information content (AvgIpc) is 3.22. The molecule has 4 rings (SSSR count). The molecule has 2 aliphatic rings. The molecule has 0 amide bonds. The first-order chi connectivity index (χ1) is 12.2. The second-order valence-electron chi connectivity index (χ2n) is 6.69. The highest BCUT2D eigenvalue weighted by Gasteiger charge is 2.37. The summed E-state index contributed by atoms with van der Waals surface area (Å²) < 4.78 is 25.5. The third-order valence-electron chi connectivity index (χ3n) is 5.03. The summed E-state index contributed by atoms with van der Waals surface area (Å²) in [5.41, 5.74) is 2.16. The van der Waals surface area contributed by atoms with Gasteiger partial charge in [0.1, 0.15) is 24.7 Å². The molecule has 0 unspecified atom stereocenters. The molecule has 132 valence electrons. The van der Waals surface area contributed by atoms with E-state index in [1.54, 1.807) is 18.2 Å². The minimum absolute atomic E-state index is 0.239. The summed E-state index contributed by atoms with van der Waals surface area (Å²) >= 11 is 0. The van der Waals surface area contributed by atoms with Crippen LogP contribution in [0.4, 0.5) is 4.39 Å². The van der Waals surface area contributed by atoms with Crippen LogP contribution in [0.2, 0.25) is 0 Å². The van der Waals surface area contributed by atoms with Gasteiger partial charge in [-0.25, -0.2) is 9.37 Å². The van der Waals surface area contributed by atoms with Crippen LogP contribution in [0, 0.1) is 11.3 Å². The number of benzene rings is 1. The molecule has 3 heterocycles. The summed E-state index contributed by atoms with van der Waals surface area (Å²) in [4.78, 5) is 9.77. The fourth-order valence-electron chi connectivity index (χ4n) is 3.65. The molecule has 1 N–H and O–H groups in total. The molecule has 2 aliphatic heterocycles. The van der Waals surface area contributed by atoms with Crippen molar-refractivity contribution in [2.24, 2.45) is 0 Å². The first-order valence-corrected chi connectivity index (χ1v) is 8.69. The summed E-state index contributed by atoms with van der Waals surface area (Å²) in [6.07, 6.45) is 0.525. The molecule has 2 fully saturated rings. The van der Waals surface area contributed by atoms with Crippen molar-refractivity contribution in [1.82, 2.24) is 14.9 Å². The first-order valence-electron chi connectivity index (χ1n) is 8.69. The van der Waals surface area contributed by atoms with Crippen molar-refractivity contribution < 1.29 is 13.9 Å². The Balaban J connectivity index is 1.37. The lowest BCUT2D eigenvalue weighted by Gasteiger charge is -2.30. The van der Waals surface area contributed by atoms with Crippen LogP contribution in [0.25, 0.3) is 11.0 Å². The normalized spacial score (nSPS) is 25.4. The highest BCUT2D eigenvalue weighted by molar-refractivity contribution is 5.76. The maximum absolute atomic E-state index is 14.3. The van der Waals surface area contributed by atoms with E-state index in [-0.39, 0.29) is 6.61 Å². The predicted octanol–water partition coefficient (Wildman–Crippen LogP) is 2.15. The molecule has 0 radical (unpaired) electrons. The van der Waals surface area contributed by atoms with Crippen molar-refractivity contribution in [1.29, 1.82) is 5.26 Å². The maximum atomic E-state index is 14.3. The van der Waals surface area contributed by atoms with Gasteiger partial charge in [-0.05, 0) is 31.0 Å². The number of imidazole rings is 1. The van der Waals surface area contributed by atoms with E-state index in [9.17, 15) is 4.39 Å². The molecule has 2 saturated heterocycles. The molecule has 2 atom stereocenters. The SMILES string of the molecule is N#Cc1ccc2nc(CO[C@H]3CN(C4CCOCC4)C[C@H]3F)[nH]c2c1. The van der Waals surface area contributed by atoms with Gasteiger partial charge >= 0.3 is 0 Å². The van der Waals surface area contributed by atoms with Crippen LogP contribution in [-0.4, -0.2) is 59.5 Å². The number of nitrogens with one attached hydrogen (secondary N) is 1. The van der Waals surface area contributed by atoms with Gasteiger partial charge in [0, 0.05) is 32.3 Å². The Morgan fingerprint density at radius 1 is 1.36 bits per heavy atom. The second-order valence-corrected chi connectivity index (χ2v) is 6.69. The van der Waals surface area contributed by atoms with E-state index < -0.39 is 12.3 Å². The predicted molar refractivity (Wildman–Crippen MR) is 89.7 cm³/mol. The van der Waals surface area contributed by atoms with Crippen molar-refractivity contribution in [2.75, 3.05) is 26.3 Å². The number of hydrogen-bond donors (Lipinski definition) is 1. The van der Waals surface area contributed by atoms with Crippen LogP contribution in [0.15, 0.2) is 18.2 Å². The molecule has 0 bridgehead atoms. The van der Waals surface area contributed by atoms with Gasteiger partial charge in [-0.2, -0.15) is 5.26 Å². The lowest BCUT2D eigenvalue weighted by molar-refractivity contribution is 0.00313. The molecule has 6 nitrogen and oxygen atoms in total. The Labute approximate surface area is 145 Å². The topological polar surface area (TPSA) is 74.2 Å². The molecule has 1 aromatic carbocycles. The van der Waals surface area contributed by atoms with Crippen molar-refractivity contribution in [3.63, 3.8) is 0 Å². The van der Waals surface area contributed by atoms with E-state index in [0.29, 0.717) is 30.5 Å². The standard InChI is InChI=1S/C18H21FN4O2/c19-14-9-23(13-3-5-24-6-4-13)10-17(14)25-11-18-21-15-2-1-12(8-20)7-16(15)22-18/h1-2,7,13-14,17H,3-6,9-11H2,(H,21,22)/t14-,17+/m1/s1. The van der Waals surface area contributed by atoms with E-state index in [4.69, 9.17) is 14.7 Å². The molecular weight excluding hydrogens is 323 g/mol. The van der Waals surface area contributed by atoms with Gasteiger partial charge in [-0.15, -0.1) is 0 Å². The molecule has 7 heteroatoms.